The van der Waals surface area contributed by atoms with Crippen LogP contribution in [0.15, 0.2) is 59.7 Å². The Morgan fingerprint density at radius 1 is 1.03 bits per heavy atom. The highest BCUT2D eigenvalue weighted by molar-refractivity contribution is 5.80. The van der Waals surface area contributed by atoms with Crippen LogP contribution in [0.5, 0.6) is 11.5 Å². The number of benzene rings is 1. The fraction of sp³-hybridized carbons (Fsp3) is 0.292. The second kappa shape index (κ2) is 9.55. The third-order valence-electron chi connectivity index (χ3n) is 5.14. The van der Waals surface area contributed by atoms with E-state index in [9.17, 15) is 9.59 Å². The molecular formula is C24H26N4O4. The van der Waals surface area contributed by atoms with Gasteiger partial charge in [-0.25, -0.2) is 4.98 Å². The average molecular weight is 434 g/mol. The molecule has 166 valence electrons. The first-order chi connectivity index (χ1) is 15.6. The summed E-state index contributed by atoms with van der Waals surface area (Å²) in [6.45, 7) is 5.30. The molecule has 4 rings (SSSR count). The quantitative estimate of drug-likeness (QED) is 0.438. The molecule has 0 aliphatic rings. The molecule has 8 heteroatoms. The summed E-state index contributed by atoms with van der Waals surface area (Å²) in [6.07, 6.45) is 4.07. The zero-order valence-corrected chi connectivity index (χ0v) is 18.2. The van der Waals surface area contributed by atoms with Crippen molar-refractivity contribution in [3.8, 4) is 11.5 Å². The largest absolute Gasteiger partial charge is 0.490 e. The number of aromatic nitrogens is 3. The number of nitrogens with one attached hydrogen (secondary N) is 1. The van der Waals surface area contributed by atoms with Gasteiger partial charge in [0.15, 0.2) is 17.1 Å². The Morgan fingerprint density at radius 2 is 1.81 bits per heavy atom. The summed E-state index contributed by atoms with van der Waals surface area (Å²) >= 11 is 0. The topological polar surface area (TPSA) is 86.9 Å². The first-order valence-corrected chi connectivity index (χ1v) is 10.7. The highest BCUT2D eigenvalue weighted by Gasteiger charge is 2.14. The van der Waals surface area contributed by atoms with E-state index >= 15 is 0 Å². The Kier molecular flexibility index (Phi) is 6.39. The molecule has 3 heterocycles. The number of amides is 1. The van der Waals surface area contributed by atoms with E-state index in [4.69, 9.17) is 9.47 Å². The van der Waals surface area contributed by atoms with Gasteiger partial charge in [-0.2, -0.15) is 0 Å². The van der Waals surface area contributed by atoms with Crippen LogP contribution in [-0.2, 0) is 17.8 Å². The molecule has 0 spiro atoms. The molecule has 0 aliphatic carbocycles. The third kappa shape index (κ3) is 4.30. The van der Waals surface area contributed by atoms with Crippen LogP contribution in [0.3, 0.4) is 0 Å². The minimum Gasteiger partial charge on any atom is -0.490 e. The Bertz CT molecular complexity index is 1310. The second-order valence-electron chi connectivity index (χ2n) is 7.25. The molecule has 1 amide bonds. The van der Waals surface area contributed by atoms with Crippen LogP contribution in [0.2, 0.25) is 0 Å². The van der Waals surface area contributed by atoms with Gasteiger partial charge in [-0.05, 0) is 62.2 Å². The monoisotopic (exact) mass is 434 g/mol. The Labute approximate surface area is 185 Å². The van der Waals surface area contributed by atoms with Crippen molar-refractivity contribution in [3.05, 3.63) is 70.8 Å². The zero-order chi connectivity index (χ0) is 22.5. The number of carbonyl (C=O) groups excluding carboxylic acids is 1. The summed E-state index contributed by atoms with van der Waals surface area (Å²) in [6, 6.07) is 13.0. The minimum atomic E-state index is -0.246. The molecule has 32 heavy (non-hydrogen) atoms. The highest BCUT2D eigenvalue weighted by atomic mass is 16.5. The molecule has 0 saturated heterocycles. The number of carbonyl (C=O) groups is 1. The second-order valence-corrected chi connectivity index (χ2v) is 7.25. The molecule has 0 atom stereocenters. The predicted molar refractivity (Wildman–Crippen MR) is 122 cm³/mol. The van der Waals surface area contributed by atoms with E-state index in [1.807, 2.05) is 50.4 Å². The Balaban J connectivity index is 1.46. The van der Waals surface area contributed by atoms with Crippen LogP contribution >= 0.6 is 0 Å². The van der Waals surface area contributed by atoms with Gasteiger partial charge in [0.25, 0.3) is 5.56 Å². The maximum Gasteiger partial charge on any atom is 0.276 e. The molecule has 3 aromatic heterocycles. The van der Waals surface area contributed by atoms with Crippen LogP contribution in [0.1, 0.15) is 19.4 Å². The predicted octanol–water partition coefficient (Wildman–Crippen LogP) is 2.81. The Hall–Kier alpha value is -3.81. The molecule has 0 unspecified atom stereocenters. The molecule has 8 nitrogen and oxygen atoms in total. The van der Waals surface area contributed by atoms with Gasteiger partial charge in [0.2, 0.25) is 5.91 Å². The maximum atomic E-state index is 12.9. The van der Waals surface area contributed by atoms with Gasteiger partial charge in [-0.15, -0.1) is 0 Å². The fourth-order valence-electron chi connectivity index (χ4n) is 3.73. The van der Waals surface area contributed by atoms with Crippen molar-refractivity contribution in [2.45, 2.75) is 26.8 Å². The number of nitrogens with zero attached hydrogens (tertiary/aromatic N) is 3. The standard InChI is InChI=1S/C24H26N4O4/c1-3-31-20-10-9-17(15-21(20)32-4-2)11-13-25-22(29)16-28-23-18(7-5-12-26-23)27-14-6-8-19(27)24(28)30/h5-10,12,14-15H,3-4,11,13,16H2,1-2H3,(H,25,29). The summed E-state index contributed by atoms with van der Waals surface area (Å²) in [5, 5.41) is 2.90. The lowest BCUT2D eigenvalue weighted by atomic mass is 10.1. The van der Waals surface area contributed by atoms with Crippen LogP contribution in [0.25, 0.3) is 16.7 Å². The van der Waals surface area contributed by atoms with E-state index in [-0.39, 0.29) is 18.0 Å². The third-order valence-corrected chi connectivity index (χ3v) is 5.14. The summed E-state index contributed by atoms with van der Waals surface area (Å²) in [5.74, 6) is 1.16. The van der Waals surface area contributed by atoms with Crippen LogP contribution in [0, 0.1) is 0 Å². The van der Waals surface area contributed by atoms with Crippen molar-refractivity contribution in [1.82, 2.24) is 19.3 Å². The van der Waals surface area contributed by atoms with Crippen molar-refractivity contribution in [2.24, 2.45) is 0 Å². The van der Waals surface area contributed by atoms with Crippen molar-refractivity contribution in [2.75, 3.05) is 19.8 Å². The van der Waals surface area contributed by atoms with Gasteiger partial charge in [-0.3, -0.25) is 14.2 Å². The van der Waals surface area contributed by atoms with Crippen molar-refractivity contribution in [3.63, 3.8) is 0 Å². The number of hydrogen-bond acceptors (Lipinski definition) is 5. The summed E-state index contributed by atoms with van der Waals surface area (Å²) in [7, 11) is 0. The molecule has 0 aliphatic heterocycles. The van der Waals surface area contributed by atoms with E-state index in [0.717, 1.165) is 11.1 Å². The normalized spacial score (nSPS) is 11.1. The van der Waals surface area contributed by atoms with E-state index < -0.39 is 0 Å². The van der Waals surface area contributed by atoms with Crippen molar-refractivity contribution in [1.29, 1.82) is 0 Å². The first-order valence-electron chi connectivity index (χ1n) is 10.7. The summed E-state index contributed by atoms with van der Waals surface area (Å²) in [5.41, 5.74) is 2.54. The lowest BCUT2D eigenvalue weighted by Gasteiger charge is -2.13. The highest BCUT2D eigenvalue weighted by Crippen LogP contribution is 2.28. The molecule has 1 aromatic carbocycles. The van der Waals surface area contributed by atoms with E-state index in [1.54, 1.807) is 22.7 Å². The van der Waals surface area contributed by atoms with Crippen LogP contribution in [-0.4, -0.2) is 39.6 Å². The van der Waals surface area contributed by atoms with E-state index in [0.29, 0.717) is 48.8 Å². The number of pyridine rings is 1. The lowest BCUT2D eigenvalue weighted by molar-refractivity contribution is -0.121. The van der Waals surface area contributed by atoms with Crippen LogP contribution < -0.4 is 20.3 Å². The SMILES string of the molecule is CCOc1ccc(CCNC(=O)Cn2c(=O)c3cccn3c3cccnc32)cc1OCC. The van der Waals surface area contributed by atoms with Gasteiger partial charge in [0.1, 0.15) is 12.1 Å². The molecule has 0 radical (unpaired) electrons. The van der Waals surface area contributed by atoms with Gasteiger partial charge < -0.3 is 19.2 Å². The molecule has 0 fully saturated rings. The van der Waals surface area contributed by atoms with Crippen LogP contribution in [0.4, 0.5) is 0 Å². The smallest absolute Gasteiger partial charge is 0.276 e. The summed E-state index contributed by atoms with van der Waals surface area (Å²) in [4.78, 5) is 29.9. The number of hydrogen-bond donors (Lipinski definition) is 1. The van der Waals surface area contributed by atoms with Crippen molar-refractivity contribution < 1.29 is 14.3 Å². The van der Waals surface area contributed by atoms with Gasteiger partial charge in [0.05, 0.1) is 18.7 Å². The van der Waals surface area contributed by atoms with Gasteiger partial charge >= 0.3 is 0 Å². The Morgan fingerprint density at radius 3 is 2.62 bits per heavy atom. The zero-order valence-electron chi connectivity index (χ0n) is 18.2. The maximum absolute atomic E-state index is 12.9. The van der Waals surface area contributed by atoms with Crippen molar-refractivity contribution >= 4 is 22.6 Å². The van der Waals surface area contributed by atoms with Gasteiger partial charge in [-0.1, -0.05) is 6.07 Å². The van der Waals surface area contributed by atoms with Gasteiger partial charge in [0, 0.05) is 18.9 Å². The number of fused-ring (bicyclic) bond motifs is 3. The van der Waals surface area contributed by atoms with E-state index in [1.165, 1.54) is 4.57 Å². The fourth-order valence-corrected chi connectivity index (χ4v) is 3.73. The first kappa shape index (κ1) is 21.4. The molecule has 1 N–H and O–H groups in total. The molecule has 4 aromatic rings. The lowest BCUT2D eigenvalue weighted by Crippen LogP contribution is -2.34. The number of rotatable bonds is 9. The summed E-state index contributed by atoms with van der Waals surface area (Å²) < 4.78 is 14.5. The average Bonchev–Trinajstić information content (AvgIpc) is 3.29. The van der Waals surface area contributed by atoms with E-state index in [2.05, 4.69) is 10.3 Å². The molecule has 0 saturated carbocycles. The molecule has 0 bridgehead atoms. The molecular weight excluding hydrogens is 408 g/mol. The number of ether oxygens (including phenoxy) is 2. The minimum absolute atomic E-state index is 0.0957.